The average molecular weight is 414 g/mol. The summed E-state index contributed by atoms with van der Waals surface area (Å²) in [5.41, 5.74) is 3.75. The van der Waals surface area contributed by atoms with Crippen molar-refractivity contribution in [3.63, 3.8) is 0 Å². The first-order valence-corrected chi connectivity index (χ1v) is 9.75. The van der Waals surface area contributed by atoms with Crippen molar-refractivity contribution in [3.8, 4) is 11.5 Å². The van der Waals surface area contributed by atoms with Crippen molar-refractivity contribution in [2.24, 2.45) is 4.99 Å². The minimum Gasteiger partial charge on any atom is -0.490 e. The van der Waals surface area contributed by atoms with Gasteiger partial charge in [-0.05, 0) is 73.0 Å². The van der Waals surface area contributed by atoms with E-state index in [9.17, 15) is 0 Å². The zero-order chi connectivity index (χ0) is 19.9. The van der Waals surface area contributed by atoms with Gasteiger partial charge in [-0.1, -0.05) is 41.4 Å². The van der Waals surface area contributed by atoms with Crippen LogP contribution in [0.1, 0.15) is 23.6 Å². The molecule has 3 rings (SSSR count). The van der Waals surface area contributed by atoms with Crippen LogP contribution in [0.15, 0.2) is 65.7 Å². The van der Waals surface area contributed by atoms with Gasteiger partial charge in [0.25, 0.3) is 0 Å². The molecule has 0 aliphatic carbocycles. The lowest BCUT2D eigenvalue weighted by molar-refractivity contribution is 0.269. The largest absolute Gasteiger partial charge is 0.490 e. The molecule has 3 aromatic rings. The number of halogens is 2. The predicted molar refractivity (Wildman–Crippen MR) is 117 cm³/mol. The molecule has 144 valence electrons. The smallest absolute Gasteiger partial charge is 0.161 e. The minimum atomic E-state index is 0.437. The highest BCUT2D eigenvalue weighted by atomic mass is 35.5. The van der Waals surface area contributed by atoms with E-state index < -0.39 is 0 Å². The second-order valence-corrected chi connectivity index (χ2v) is 7.04. The molecule has 3 aromatic carbocycles. The SMILES string of the molecule is CCOc1cc(C=Nc2cccc(Cl)c2C)ccc1OCc1ccc(Cl)cc1. The molecule has 0 fully saturated rings. The fourth-order valence-corrected chi connectivity index (χ4v) is 2.91. The number of benzene rings is 3. The number of rotatable bonds is 7. The van der Waals surface area contributed by atoms with Crippen molar-refractivity contribution >= 4 is 35.1 Å². The number of hydrogen-bond donors (Lipinski definition) is 0. The lowest BCUT2D eigenvalue weighted by Crippen LogP contribution is -2.00. The van der Waals surface area contributed by atoms with Crippen LogP contribution in [0, 0.1) is 6.92 Å². The Bertz CT molecular complexity index is 969. The standard InChI is InChI=1S/C23H21Cl2NO2/c1-3-27-23-13-18(14-26-21-6-4-5-20(25)16(21)2)9-12-22(23)28-15-17-7-10-19(24)11-8-17/h4-14H,3,15H2,1-2H3. The Hall–Kier alpha value is -2.49. The highest BCUT2D eigenvalue weighted by Crippen LogP contribution is 2.30. The number of nitrogens with zero attached hydrogens (tertiary/aromatic N) is 1. The molecule has 0 unspecified atom stereocenters. The summed E-state index contributed by atoms with van der Waals surface area (Å²) in [7, 11) is 0. The van der Waals surface area contributed by atoms with Crippen molar-refractivity contribution < 1.29 is 9.47 Å². The number of aliphatic imine (C=N–C) groups is 1. The maximum absolute atomic E-state index is 6.16. The molecule has 0 aromatic heterocycles. The lowest BCUT2D eigenvalue weighted by atomic mass is 10.2. The highest BCUT2D eigenvalue weighted by molar-refractivity contribution is 6.31. The molecule has 0 aliphatic rings. The molecular weight excluding hydrogens is 393 g/mol. The Morgan fingerprint density at radius 2 is 1.71 bits per heavy atom. The fraction of sp³-hybridized carbons (Fsp3) is 0.174. The molecule has 5 heteroatoms. The first-order chi connectivity index (χ1) is 13.6. The van der Waals surface area contributed by atoms with Crippen molar-refractivity contribution in [2.75, 3.05) is 6.61 Å². The maximum Gasteiger partial charge on any atom is 0.161 e. The molecule has 0 atom stereocenters. The maximum atomic E-state index is 6.16. The molecule has 0 amide bonds. The van der Waals surface area contributed by atoms with E-state index in [-0.39, 0.29) is 0 Å². The topological polar surface area (TPSA) is 30.8 Å². The molecular formula is C23H21Cl2NO2. The van der Waals surface area contributed by atoms with Crippen molar-refractivity contribution in [2.45, 2.75) is 20.5 Å². The van der Waals surface area contributed by atoms with E-state index in [0.29, 0.717) is 34.8 Å². The van der Waals surface area contributed by atoms with E-state index in [0.717, 1.165) is 22.4 Å². The molecule has 0 radical (unpaired) electrons. The van der Waals surface area contributed by atoms with Crippen LogP contribution in [0.3, 0.4) is 0 Å². The van der Waals surface area contributed by atoms with E-state index in [1.807, 2.05) is 74.5 Å². The van der Waals surface area contributed by atoms with Crippen molar-refractivity contribution in [1.29, 1.82) is 0 Å². The first-order valence-electron chi connectivity index (χ1n) is 9.00. The molecule has 28 heavy (non-hydrogen) atoms. The molecule has 0 saturated heterocycles. The predicted octanol–water partition coefficient (Wildman–Crippen LogP) is 7.03. The molecule has 0 spiro atoms. The summed E-state index contributed by atoms with van der Waals surface area (Å²) < 4.78 is 11.7. The summed E-state index contributed by atoms with van der Waals surface area (Å²) >= 11 is 12.1. The van der Waals surface area contributed by atoms with Gasteiger partial charge < -0.3 is 9.47 Å². The van der Waals surface area contributed by atoms with Crippen LogP contribution in [-0.4, -0.2) is 12.8 Å². The summed E-state index contributed by atoms with van der Waals surface area (Å²) in [6.07, 6.45) is 1.80. The molecule has 3 nitrogen and oxygen atoms in total. The van der Waals surface area contributed by atoms with Gasteiger partial charge in [0, 0.05) is 16.3 Å². The third-order valence-corrected chi connectivity index (χ3v) is 4.83. The fourth-order valence-electron chi connectivity index (χ4n) is 2.61. The van der Waals surface area contributed by atoms with E-state index in [1.165, 1.54) is 0 Å². The Morgan fingerprint density at radius 3 is 2.46 bits per heavy atom. The highest BCUT2D eigenvalue weighted by Gasteiger charge is 2.07. The van der Waals surface area contributed by atoms with Gasteiger partial charge in [0.1, 0.15) is 6.61 Å². The average Bonchev–Trinajstić information content (AvgIpc) is 2.70. The zero-order valence-electron chi connectivity index (χ0n) is 15.8. The third kappa shape index (κ3) is 5.28. The van der Waals surface area contributed by atoms with Gasteiger partial charge in [0.15, 0.2) is 11.5 Å². The second kappa shape index (κ2) is 9.63. The van der Waals surface area contributed by atoms with Crippen molar-refractivity contribution in [3.05, 3.63) is 87.4 Å². The Kier molecular flexibility index (Phi) is 6.96. The minimum absolute atomic E-state index is 0.437. The monoisotopic (exact) mass is 413 g/mol. The molecule has 0 aliphatic heterocycles. The summed E-state index contributed by atoms with van der Waals surface area (Å²) in [5, 5.41) is 1.41. The van der Waals surface area contributed by atoms with Crippen LogP contribution in [0.5, 0.6) is 11.5 Å². The van der Waals surface area contributed by atoms with Crippen LogP contribution >= 0.6 is 23.2 Å². The first kappa shape index (κ1) is 20.2. The molecule has 0 N–H and O–H groups in total. The molecule has 0 saturated carbocycles. The zero-order valence-corrected chi connectivity index (χ0v) is 17.3. The Morgan fingerprint density at radius 1 is 0.929 bits per heavy atom. The van der Waals surface area contributed by atoms with Gasteiger partial charge in [-0.25, -0.2) is 0 Å². The Balaban J connectivity index is 1.77. The summed E-state index contributed by atoms with van der Waals surface area (Å²) in [6.45, 7) is 4.88. The van der Waals surface area contributed by atoms with Gasteiger partial charge >= 0.3 is 0 Å². The number of hydrogen-bond acceptors (Lipinski definition) is 3. The van der Waals surface area contributed by atoms with Crippen LogP contribution in [0.25, 0.3) is 0 Å². The van der Waals surface area contributed by atoms with E-state index in [4.69, 9.17) is 32.7 Å². The lowest BCUT2D eigenvalue weighted by Gasteiger charge is -2.13. The van der Waals surface area contributed by atoms with Crippen LogP contribution in [0.4, 0.5) is 5.69 Å². The van der Waals surface area contributed by atoms with Crippen LogP contribution in [0.2, 0.25) is 10.0 Å². The second-order valence-electron chi connectivity index (χ2n) is 6.20. The summed E-state index contributed by atoms with van der Waals surface area (Å²) in [4.78, 5) is 4.55. The van der Waals surface area contributed by atoms with Gasteiger partial charge in [0.05, 0.1) is 12.3 Å². The van der Waals surface area contributed by atoms with E-state index in [2.05, 4.69) is 4.99 Å². The van der Waals surface area contributed by atoms with Gasteiger partial charge in [-0.15, -0.1) is 0 Å². The van der Waals surface area contributed by atoms with Gasteiger partial charge in [-0.2, -0.15) is 0 Å². The van der Waals surface area contributed by atoms with E-state index >= 15 is 0 Å². The van der Waals surface area contributed by atoms with Gasteiger partial charge in [-0.3, -0.25) is 4.99 Å². The third-order valence-electron chi connectivity index (χ3n) is 4.17. The van der Waals surface area contributed by atoms with Gasteiger partial charge in [0.2, 0.25) is 0 Å². The quantitative estimate of drug-likeness (QED) is 0.389. The number of ether oxygens (including phenoxy) is 2. The summed E-state index contributed by atoms with van der Waals surface area (Å²) in [5.74, 6) is 1.37. The van der Waals surface area contributed by atoms with E-state index in [1.54, 1.807) is 6.21 Å². The molecule has 0 bridgehead atoms. The van der Waals surface area contributed by atoms with Crippen LogP contribution in [-0.2, 0) is 6.61 Å². The van der Waals surface area contributed by atoms with Crippen molar-refractivity contribution in [1.82, 2.24) is 0 Å². The summed E-state index contributed by atoms with van der Waals surface area (Å²) in [6, 6.07) is 19.0. The normalized spacial score (nSPS) is 11.0. The molecule has 0 heterocycles. The van der Waals surface area contributed by atoms with Crippen LogP contribution < -0.4 is 9.47 Å². The Labute approximate surface area is 175 Å².